The van der Waals surface area contributed by atoms with Crippen LogP contribution in [0.25, 0.3) is 0 Å². The van der Waals surface area contributed by atoms with Gasteiger partial charge in [0.25, 0.3) is 11.8 Å². The highest BCUT2D eigenvalue weighted by atomic mass is 19.1. The van der Waals surface area contributed by atoms with Gasteiger partial charge in [-0.25, -0.2) is 4.39 Å². The fourth-order valence-electron chi connectivity index (χ4n) is 3.78. The van der Waals surface area contributed by atoms with Crippen LogP contribution in [0.4, 0.5) is 10.1 Å². The number of hydrogen-bond acceptors (Lipinski definition) is 3. The fourth-order valence-corrected chi connectivity index (χ4v) is 3.78. The van der Waals surface area contributed by atoms with Crippen LogP contribution in [-0.2, 0) is 9.53 Å². The van der Waals surface area contributed by atoms with Crippen molar-refractivity contribution in [3.05, 3.63) is 66.0 Å². The lowest BCUT2D eigenvalue weighted by atomic mass is 9.88. The number of para-hydroxylation sites is 1. The Kier molecular flexibility index (Phi) is 4.66. The van der Waals surface area contributed by atoms with E-state index in [1.807, 2.05) is 30.3 Å². The summed E-state index contributed by atoms with van der Waals surface area (Å²) in [6.07, 6.45) is 1.23. The van der Waals surface area contributed by atoms with Gasteiger partial charge in [0, 0.05) is 18.8 Å². The zero-order valence-corrected chi connectivity index (χ0v) is 14.9. The number of piperidine rings is 1. The van der Waals surface area contributed by atoms with Crippen molar-refractivity contribution in [2.24, 2.45) is 0 Å². The Morgan fingerprint density at radius 1 is 1.00 bits per heavy atom. The summed E-state index contributed by atoms with van der Waals surface area (Å²) < 4.78 is 19.8. The topological polar surface area (TPSA) is 49.9 Å². The van der Waals surface area contributed by atoms with Gasteiger partial charge in [-0.3, -0.25) is 9.59 Å². The highest BCUT2D eigenvalue weighted by Crippen LogP contribution is 2.33. The van der Waals surface area contributed by atoms with Crippen molar-refractivity contribution in [1.29, 1.82) is 0 Å². The Morgan fingerprint density at radius 2 is 1.67 bits per heavy atom. The van der Waals surface area contributed by atoms with Crippen molar-refractivity contribution in [2.45, 2.75) is 18.4 Å². The van der Waals surface area contributed by atoms with E-state index in [0.717, 1.165) is 5.69 Å². The monoisotopic (exact) mass is 368 g/mol. The third-order valence-electron chi connectivity index (χ3n) is 5.38. The van der Waals surface area contributed by atoms with E-state index >= 15 is 0 Å². The average Bonchev–Trinajstić information content (AvgIpc) is 2.71. The van der Waals surface area contributed by atoms with Crippen molar-refractivity contribution in [2.75, 3.05) is 31.1 Å². The molecule has 0 aliphatic carbocycles. The molecule has 2 saturated heterocycles. The second-order valence-electron chi connectivity index (χ2n) is 7.06. The molecular formula is C21H21FN2O3. The summed E-state index contributed by atoms with van der Waals surface area (Å²) >= 11 is 0. The minimum Gasteiger partial charge on any atom is -0.363 e. The zero-order chi connectivity index (χ0) is 18.9. The first kappa shape index (κ1) is 17.7. The average molecular weight is 368 g/mol. The second-order valence-corrected chi connectivity index (χ2v) is 7.06. The molecule has 0 aromatic heterocycles. The predicted octanol–water partition coefficient (Wildman–Crippen LogP) is 2.86. The molecule has 0 bridgehead atoms. The molecule has 4 rings (SSSR count). The highest BCUT2D eigenvalue weighted by molar-refractivity contribution is 5.95. The molecule has 0 atom stereocenters. The molecule has 2 fully saturated rings. The molecule has 0 unspecified atom stereocenters. The molecular weight excluding hydrogens is 347 g/mol. The Labute approximate surface area is 157 Å². The summed E-state index contributed by atoms with van der Waals surface area (Å²) in [5.41, 5.74) is 0.490. The third kappa shape index (κ3) is 3.45. The van der Waals surface area contributed by atoms with E-state index in [-0.39, 0.29) is 24.0 Å². The number of carbonyl (C=O) groups is 2. The van der Waals surface area contributed by atoms with Gasteiger partial charge >= 0.3 is 0 Å². The predicted molar refractivity (Wildman–Crippen MR) is 99.0 cm³/mol. The fraction of sp³-hybridized carbons (Fsp3) is 0.333. The maximum atomic E-state index is 13.9. The number of morpholine rings is 1. The first-order valence-corrected chi connectivity index (χ1v) is 9.11. The molecule has 0 N–H and O–H groups in total. The molecule has 2 aromatic carbocycles. The van der Waals surface area contributed by atoms with Gasteiger partial charge in [-0.1, -0.05) is 30.3 Å². The van der Waals surface area contributed by atoms with Crippen LogP contribution < -0.4 is 4.90 Å². The van der Waals surface area contributed by atoms with E-state index in [1.165, 1.54) is 12.1 Å². The van der Waals surface area contributed by atoms with Crippen LogP contribution in [0.5, 0.6) is 0 Å². The van der Waals surface area contributed by atoms with Crippen LogP contribution in [0, 0.1) is 5.82 Å². The minimum absolute atomic E-state index is 0.0379. The standard InChI is InChI=1S/C21H21FN2O3/c22-18-9-5-4-8-17(18)20(26)23-12-10-21(11-13-23)15-24(19(25)14-27-21)16-6-2-1-3-7-16/h1-9H,10-15H2. The lowest BCUT2D eigenvalue weighted by Gasteiger charge is -2.47. The van der Waals surface area contributed by atoms with Crippen LogP contribution in [0.3, 0.4) is 0 Å². The quantitative estimate of drug-likeness (QED) is 0.819. The smallest absolute Gasteiger partial charge is 0.256 e. The SMILES string of the molecule is O=C(c1ccccc1F)N1CCC2(CC1)CN(c1ccccc1)C(=O)CO2. The Hall–Kier alpha value is -2.73. The lowest BCUT2D eigenvalue weighted by Crippen LogP contribution is -2.59. The van der Waals surface area contributed by atoms with Crippen LogP contribution >= 0.6 is 0 Å². The summed E-state index contributed by atoms with van der Waals surface area (Å²) in [6, 6.07) is 15.6. The Balaban J connectivity index is 1.46. The van der Waals surface area contributed by atoms with E-state index in [4.69, 9.17) is 4.74 Å². The summed E-state index contributed by atoms with van der Waals surface area (Å²) in [6.45, 7) is 1.46. The number of carbonyl (C=O) groups excluding carboxylic acids is 2. The van der Waals surface area contributed by atoms with Gasteiger partial charge in [0.1, 0.15) is 12.4 Å². The van der Waals surface area contributed by atoms with Gasteiger partial charge < -0.3 is 14.5 Å². The molecule has 0 saturated carbocycles. The Morgan fingerprint density at radius 3 is 2.37 bits per heavy atom. The summed E-state index contributed by atoms with van der Waals surface area (Å²) in [4.78, 5) is 28.3. The number of rotatable bonds is 2. The number of anilines is 1. The number of likely N-dealkylation sites (tertiary alicyclic amines) is 1. The van der Waals surface area contributed by atoms with Crippen molar-refractivity contribution >= 4 is 17.5 Å². The first-order valence-electron chi connectivity index (χ1n) is 9.11. The van der Waals surface area contributed by atoms with Crippen molar-refractivity contribution in [3.8, 4) is 0 Å². The third-order valence-corrected chi connectivity index (χ3v) is 5.38. The highest BCUT2D eigenvalue weighted by Gasteiger charge is 2.43. The number of hydrogen-bond donors (Lipinski definition) is 0. The first-order chi connectivity index (χ1) is 13.1. The molecule has 140 valence electrons. The molecule has 2 aromatic rings. The van der Waals surface area contributed by atoms with Crippen molar-refractivity contribution in [3.63, 3.8) is 0 Å². The Bertz CT molecular complexity index is 848. The maximum absolute atomic E-state index is 13.9. The summed E-state index contributed by atoms with van der Waals surface area (Å²) in [5, 5.41) is 0. The normalized spacial score (nSPS) is 19.4. The molecule has 27 heavy (non-hydrogen) atoms. The number of halogens is 1. The van der Waals surface area contributed by atoms with Gasteiger partial charge in [-0.05, 0) is 37.1 Å². The van der Waals surface area contributed by atoms with E-state index in [1.54, 1.807) is 21.9 Å². The van der Waals surface area contributed by atoms with Crippen LogP contribution in [0.2, 0.25) is 0 Å². The zero-order valence-electron chi connectivity index (χ0n) is 14.9. The number of nitrogens with zero attached hydrogens (tertiary/aromatic N) is 2. The summed E-state index contributed by atoms with van der Waals surface area (Å²) in [5.74, 6) is -0.857. The molecule has 0 radical (unpaired) electrons. The van der Waals surface area contributed by atoms with Gasteiger partial charge in [0.15, 0.2) is 0 Å². The molecule has 2 aliphatic heterocycles. The van der Waals surface area contributed by atoms with E-state index in [9.17, 15) is 14.0 Å². The van der Waals surface area contributed by atoms with Crippen LogP contribution in [0.1, 0.15) is 23.2 Å². The second kappa shape index (κ2) is 7.12. The molecule has 2 heterocycles. The van der Waals surface area contributed by atoms with Crippen molar-refractivity contribution in [1.82, 2.24) is 4.90 Å². The number of ether oxygens (including phenoxy) is 1. The largest absolute Gasteiger partial charge is 0.363 e. The molecule has 1 spiro atoms. The summed E-state index contributed by atoms with van der Waals surface area (Å²) in [7, 11) is 0. The molecule has 2 amide bonds. The van der Waals surface area contributed by atoms with Crippen LogP contribution in [0.15, 0.2) is 54.6 Å². The van der Waals surface area contributed by atoms with Gasteiger partial charge in [-0.15, -0.1) is 0 Å². The van der Waals surface area contributed by atoms with Gasteiger partial charge in [-0.2, -0.15) is 0 Å². The molecule has 5 nitrogen and oxygen atoms in total. The van der Waals surface area contributed by atoms with Gasteiger partial charge in [0.2, 0.25) is 0 Å². The molecule has 2 aliphatic rings. The van der Waals surface area contributed by atoms with Crippen molar-refractivity contribution < 1.29 is 18.7 Å². The van der Waals surface area contributed by atoms with Gasteiger partial charge in [0.05, 0.1) is 17.7 Å². The number of benzene rings is 2. The lowest BCUT2D eigenvalue weighted by molar-refractivity contribution is -0.143. The van der Waals surface area contributed by atoms with E-state index < -0.39 is 11.4 Å². The maximum Gasteiger partial charge on any atom is 0.256 e. The minimum atomic E-state index is -0.502. The van der Waals surface area contributed by atoms with Crippen LogP contribution in [-0.4, -0.2) is 48.6 Å². The number of amides is 2. The van der Waals surface area contributed by atoms with E-state index in [2.05, 4.69) is 0 Å². The van der Waals surface area contributed by atoms with E-state index in [0.29, 0.717) is 32.5 Å². The molecule has 6 heteroatoms.